The predicted molar refractivity (Wildman–Crippen MR) is 116 cm³/mol. The quantitative estimate of drug-likeness (QED) is 0.576. The standard InChI is InChI=1S/C21H29N7O/c1-3-6-19(29)26-18-8-4-7-17(15-18)16-25-20(22-2)27-11-13-28(14-12-27)21-23-9-5-10-24-21/h4-5,7-10,15H,3,6,11-14,16H2,1-2H3,(H,22,25)(H,26,29). The van der Waals surface area contributed by atoms with Crippen molar-refractivity contribution in [3.63, 3.8) is 0 Å². The van der Waals surface area contributed by atoms with Crippen LogP contribution in [0.1, 0.15) is 25.3 Å². The molecule has 8 nitrogen and oxygen atoms in total. The normalized spacial score (nSPS) is 14.6. The molecule has 3 rings (SSSR count). The highest BCUT2D eigenvalue weighted by Crippen LogP contribution is 2.13. The van der Waals surface area contributed by atoms with E-state index in [2.05, 4.69) is 35.4 Å². The first-order chi connectivity index (χ1) is 14.2. The Kier molecular flexibility index (Phi) is 7.38. The molecule has 2 heterocycles. The third-order valence-electron chi connectivity index (χ3n) is 4.76. The van der Waals surface area contributed by atoms with Gasteiger partial charge in [0.05, 0.1) is 0 Å². The summed E-state index contributed by atoms with van der Waals surface area (Å²) < 4.78 is 0. The van der Waals surface area contributed by atoms with Crippen molar-refractivity contribution in [2.45, 2.75) is 26.3 Å². The van der Waals surface area contributed by atoms with Crippen molar-refractivity contribution in [3.8, 4) is 0 Å². The van der Waals surface area contributed by atoms with E-state index in [0.717, 1.165) is 55.8 Å². The molecule has 0 bridgehead atoms. The Labute approximate surface area is 172 Å². The SMILES string of the molecule is CCCC(=O)Nc1cccc(CNC(=NC)N2CCN(c3ncccn3)CC2)c1. The molecule has 0 saturated carbocycles. The average Bonchev–Trinajstić information content (AvgIpc) is 2.76. The lowest BCUT2D eigenvalue weighted by atomic mass is 10.2. The zero-order chi connectivity index (χ0) is 20.5. The highest BCUT2D eigenvalue weighted by Gasteiger charge is 2.21. The first-order valence-electron chi connectivity index (χ1n) is 10.1. The number of hydrogen-bond donors (Lipinski definition) is 2. The van der Waals surface area contributed by atoms with Crippen LogP contribution in [-0.4, -0.2) is 60.0 Å². The highest BCUT2D eigenvalue weighted by atomic mass is 16.1. The summed E-state index contributed by atoms with van der Waals surface area (Å²) >= 11 is 0. The molecule has 1 aromatic carbocycles. The summed E-state index contributed by atoms with van der Waals surface area (Å²) in [5.41, 5.74) is 1.92. The molecule has 1 aliphatic heterocycles. The molecule has 0 unspecified atom stereocenters. The number of hydrogen-bond acceptors (Lipinski definition) is 5. The fourth-order valence-corrected chi connectivity index (χ4v) is 3.30. The second-order valence-electron chi connectivity index (χ2n) is 6.92. The molecule has 1 aliphatic rings. The Bertz CT molecular complexity index is 817. The third kappa shape index (κ3) is 5.91. The Morgan fingerprint density at radius 3 is 2.59 bits per heavy atom. The fraction of sp³-hybridized carbons (Fsp3) is 0.429. The zero-order valence-electron chi connectivity index (χ0n) is 17.1. The first kappa shape index (κ1) is 20.6. The molecule has 0 spiro atoms. The number of carbonyl (C=O) groups is 1. The number of benzene rings is 1. The lowest BCUT2D eigenvalue weighted by molar-refractivity contribution is -0.116. The molecule has 1 aromatic heterocycles. The number of guanidine groups is 1. The zero-order valence-corrected chi connectivity index (χ0v) is 17.1. The van der Waals surface area contributed by atoms with Crippen molar-refractivity contribution >= 4 is 23.5 Å². The lowest BCUT2D eigenvalue weighted by Gasteiger charge is -2.36. The van der Waals surface area contributed by atoms with Gasteiger partial charge in [0, 0.05) is 64.3 Å². The number of rotatable bonds is 6. The number of piperazine rings is 1. The van der Waals surface area contributed by atoms with Crippen LogP contribution < -0.4 is 15.5 Å². The van der Waals surface area contributed by atoms with Crippen LogP contribution in [0.2, 0.25) is 0 Å². The smallest absolute Gasteiger partial charge is 0.225 e. The van der Waals surface area contributed by atoms with Gasteiger partial charge in [0.25, 0.3) is 0 Å². The largest absolute Gasteiger partial charge is 0.352 e. The number of anilines is 2. The maximum Gasteiger partial charge on any atom is 0.225 e. The van der Waals surface area contributed by atoms with Crippen molar-refractivity contribution < 1.29 is 4.79 Å². The lowest BCUT2D eigenvalue weighted by Crippen LogP contribution is -2.52. The van der Waals surface area contributed by atoms with E-state index in [1.54, 1.807) is 19.4 Å². The summed E-state index contributed by atoms with van der Waals surface area (Å²) in [6.07, 6.45) is 4.92. The minimum Gasteiger partial charge on any atom is -0.352 e. The van der Waals surface area contributed by atoms with E-state index < -0.39 is 0 Å². The molecule has 29 heavy (non-hydrogen) atoms. The first-order valence-corrected chi connectivity index (χ1v) is 10.1. The molecule has 2 N–H and O–H groups in total. The monoisotopic (exact) mass is 395 g/mol. The van der Waals surface area contributed by atoms with Crippen molar-refractivity contribution in [1.82, 2.24) is 20.2 Å². The van der Waals surface area contributed by atoms with Gasteiger partial charge in [-0.15, -0.1) is 0 Å². The van der Waals surface area contributed by atoms with Crippen LogP contribution in [0.3, 0.4) is 0 Å². The van der Waals surface area contributed by atoms with Crippen LogP contribution in [0.5, 0.6) is 0 Å². The van der Waals surface area contributed by atoms with Crippen LogP contribution in [0.15, 0.2) is 47.7 Å². The average molecular weight is 396 g/mol. The number of nitrogens with zero attached hydrogens (tertiary/aromatic N) is 5. The Hall–Kier alpha value is -3.16. The van der Waals surface area contributed by atoms with Gasteiger partial charge in [0.2, 0.25) is 11.9 Å². The van der Waals surface area contributed by atoms with Crippen LogP contribution in [-0.2, 0) is 11.3 Å². The van der Waals surface area contributed by atoms with Gasteiger partial charge in [-0.25, -0.2) is 9.97 Å². The molecule has 1 fully saturated rings. The molecule has 154 valence electrons. The number of aliphatic imine (C=N–C) groups is 1. The van der Waals surface area contributed by atoms with Gasteiger partial charge in [-0.3, -0.25) is 9.79 Å². The Balaban J connectivity index is 1.52. The second kappa shape index (κ2) is 10.4. The van der Waals surface area contributed by atoms with E-state index in [1.807, 2.05) is 37.3 Å². The maximum absolute atomic E-state index is 11.8. The predicted octanol–water partition coefficient (Wildman–Crippen LogP) is 2.11. The van der Waals surface area contributed by atoms with Crippen molar-refractivity contribution in [3.05, 3.63) is 48.3 Å². The molecule has 0 atom stereocenters. The van der Waals surface area contributed by atoms with Crippen molar-refractivity contribution in [1.29, 1.82) is 0 Å². The van der Waals surface area contributed by atoms with Gasteiger partial charge in [-0.05, 0) is 30.2 Å². The summed E-state index contributed by atoms with van der Waals surface area (Å²) in [6, 6.07) is 9.74. The van der Waals surface area contributed by atoms with E-state index in [4.69, 9.17) is 0 Å². The van der Waals surface area contributed by atoms with Gasteiger partial charge < -0.3 is 20.4 Å². The van der Waals surface area contributed by atoms with Gasteiger partial charge in [-0.1, -0.05) is 19.1 Å². The van der Waals surface area contributed by atoms with E-state index >= 15 is 0 Å². The number of amides is 1. The number of aromatic nitrogens is 2. The molecule has 2 aromatic rings. The molecule has 0 radical (unpaired) electrons. The molecule has 1 saturated heterocycles. The molecule has 1 amide bonds. The summed E-state index contributed by atoms with van der Waals surface area (Å²) in [4.78, 5) is 29.3. The van der Waals surface area contributed by atoms with Crippen LogP contribution in [0.4, 0.5) is 11.6 Å². The highest BCUT2D eigenvalue weighted by molar-refractivity contribution is 5.90. The second-order valence-corrected chi connectivity index (χ2v) is 6.92. The third-order valence-corrected chi connectivity index (χ3v) is 4.76. The molecule has 8 heteroatoms. The van der Waals surface area contributed by atoms with Crippen molar-refractivity contribution in [2.24, 2.45) is 4.99 Å². The van der Waals surface area contributed by atoms with Gasteiger partial charge in [0.1, 0.15) is 0 Å². The van der Waals surface area contributed by atoms with E-state index in [1.165, 1.54) is 0 Å². The van der Waals surface area contributed by atoms with E-state index in [-0.39, 0.29) is 5.91 Å². The van der Waals surface area contributed by atoms with Crippen LogP contribution in [0, 0.1) is 0 Å². The summed E-state index contributed by atoms with van der Waals surface area (Å²) in [5, 5.41) is 6.37. The van der Waals surface area contributed by atoms with Crippen LogP contribution >= 0.6 is 0 Å². The van der Waals surface area contributed by atoms with Crippen LogP contribution in [0.25, 0.3) is 0 Å². The summed E-state index contributed by atoms with van der Waals surface area (Å²) in [7, 11) is 1.80. The number of nitrogens with one attached hydrogen (secondary N) is 2. The minimum absolute atomic E-state index is 0.0497. The maximum atomic E-state index is 11.8. The van der Waals surface area contributed by atoms with Gasteiger partial charge in [-0.2, -0.15) is 0 Å². The van der Waals surface area contributed by atoms with Gasteiger partial charge >= 0.3 is 0 Å². The minimum atomic E-state index is 0.0497. The molecular formula is C21H29N7O. The topological polar surface area (TPSA) is 85.8 Å². The Morgan fingerprint density at radius 2 is 1.90 bits per heavy atom. The Morgan fingerprint density at radius 1 is 1.14 bits per heavy atom. The van der Waals surface area contributed by atoms with E-state index in [9.17, 15) is 4.79 Å². The molecular weight excluding hydrogens is 366 g/mol. The molecule has 0 aliphatic carbocycles. The van der Waals surface area contributed by atoms with E-state index in [0.29, 0.717) is 13.0 Å². The fourth-order valence-electron chi connectivity index (χ4n) is 3.30. The van der Waals surface area contributed by atoms with Crippen molar-refractivity contribution in [2.75, 3.05) is 43.4 Å². The summed E-state index contributed by atoms with van der Waals surface area (Å²) in [6.45, 7) is 6.05. The number of carbonyl (C=O) groups excluding carboxylic acids is 1. The summed E-state index contributed by atoms with van der Waals surface area (Å²) in [5.74, 6) is 1.70. The van der Waals surface area contributed by atoms with Gasteiger partial charge in [0.15, 0.2) is 5.96 Å².